The van der Waals surface area contributed by atoms with Crippen LogP contribution in [0.15, 0.2) is 60.7 Å². The van der Waals surface area contributed by atoms with Gasteiger partial charge in [-0.15, -0.1) is 0 Å². The summed E-state index contributed by atoms with van der Waals surface area (Å²) >= 11 is 0. The van der Waals surface area contributed by atoms with E-state index in [0.717, 1.165) is 35.7 Å². The molecular formula is C25H28N4O3. The molecule has 0 bridgehead atoms. The van der Waals surface area contributed by atoms with E-state index in [2.05, 4.69) is 15.6 Å². The Morgan fingerprint density at radius 3 is 2.59 bits per heavy atom. The summed E-state index contributed by atoms with van der Waals surface area (Å²) in [5, 5.41) is 6.63. The van der Waals surface area contributed by atoms with Crippen LogP contribution >= 0.6 is 0 Å². The molecule has 0 saturated carbocycles. The molecule has 1 saturated heterocycles. The van der Waals surface area contributed by atoms with E-state index in [1.807, 2.05) is 54.6 Å². The Morgan fingerprint density at radius 1 is 1.00 bits per heavy atom. The van der Waals surface area contributed by atoms with Gasteiger partial charge in [-0.1, -0.05) is 48.5 Å². The molecule has 3 aromatic rings. The highest BCUT2D eigenvalue weighted by Gasteiger charge is 2.28. The lowest BCUT2D eigenvalue weighted by Crippen LogP contribution is -2.44. The van der Waals surface area contributed by atoms with E-state index < -0.39 is 0 Å². The van der Waals surface area contributed by atoms with Gasteiger partial charge in [-0.05, 0) is 37.0 Å². The number of rotatable bonds is 4. The zero-order valence-corrected chi connectivity index (χ0v) is 18.0. The van der Waals surface area contributed by atoms with Gasteiger partial charge in [0.2, 0.25) is 11.8 Å². The van der Waals surface area contributed by atoms with Gasteiger partial charge < -0.3 is 20.5 Å². The average Bonchev–Trinajstić information content (AvgIpc) is 3.26. The van der Waals surface area contributed by atoms with Crippen LogP contribution in [-0.2, 0) is 9.59 Å². The number of carbonyl (C=O) groups is 3. The van der Waals surface area contributed by atoms with Crippen LogP contribution in [0.5, 0.6) is 0 Å². The number of aromatic amines is 1. The topological polar surface area (TPSA) is 94.3 Å². The van der Waals surface area contributed by atoms with Crippen molar-refractivity contribution in [3.63, 3.8) is 0 Å². The number of amides is 3. The van der Waals surface area contributed by atoms with Crippen molar-refractivity contribution >= 4 is 28.6 Å². The highest BCUT2D eigenvalue weighted by atomic mass is 16.2. The molecule has 0 aliphatic carbocycles. The highest BCUT2D eigenvalue weighted by molar-refractivity contribution is 5.99. The first-order valence-corrected chi connectivity index (χ1v) is 11.1. The number of nitrogens with one attached hydrogen (secondary N) is 3. The van der Waals surface area contributed by atoms with Gasteiger partial charge in [0.05, 0.1) is 19.0 Å². The number of H-pyrrole nitrogens is 1. The fraction of sp³-hybridized carbons (Fsp3) is 0.320. The van der Waals surface area contributed by atoms with Crippen molar-refractivity contribution in [2.45, 2.75) is 31.7 Å². The largest absolute Gasteiger partial charge is 0.356 e. The van der Waals surface area contributed by atoms with E-state index in [1.54, 1.807) is 11.0 Å². The minimum Gasteiger partial charge on any atom is -0.356 e. The van der Waals surface area contributed by atoms with Crippen LogP contribution in [-0.4, -0.2) is 47.2 Å². The molecule has 7 heteroatoms. The lowest BCUT2D eigenvalue weighted by Gasteiger charge is -2.33. The summed E-state index contributed by atoms with van der Waals surface area (Å²) < 4.78 is 0. The first-order valence-electron chi connectivity index (χ1n) is 11.1. The van der Waals surface area contributed by atoms with Crippen LogP contribution in [0.1, 0.15) is 47.8 Å². The summed E-state index contributed by atoms with van der Waals surface area (Å²) in [6, 6.07) is 18.6. The Bertz CT molecular complexity index is 1060. The molecule has 3 amide bonds. The third-order valence-corrected chi connectivity index (χ3v) is 5.83. The van der Waals surface area contributed by atoms with Gasteiger partial charge in [-0.3, -0.25) is 14.4 Å². The SMILES string of the molecule is O=C1CC(c2ccccc2)N(C(=O)CNC(=O)c2cc3ccccc3[nH]2)CCCCCN1. The van der Waals surface area contributed by atoms with Crippen LogP contribution in [0.2, 0.25) is 0 Å². The van der Waals surface area contributed by atoms with E-state index in [0.29, 0.717) is 18.8 Å². The zero-order chi connectivity index (χ0) is 22.3. The maximum Gasteiger partial charge on any atom is 0.268 e. The van der Waals surface area contributed by atoms with Crippen LogP contribution < -0.4 is 10.6 Å². The normalized spacial score (nSPS) is 17.6. The summed E-state index contributed by atoms with van der Waals surface area (Å²) in [4.78, 5) is 43.2. The zero-order valence-electron chi connectivity index (χ0n) is 18.0. The van der Waals surface area contributed by atoms with Crippen molar-refractivity contribution in [3.8, 4) is 0 Å². The molecule has 1 aliphatic heterocycles. The first kappa shape index (κ1) is 21.6. The minimum atomic E-state index is -0.369. The lowest BCUT2D eigenvalue weighted by molar-refractivity contribution is -0.134. The Kier molecular flexibility index (Phi) is 6.84. The molecule has 0 radical (unpaired) electrons. The second-order valence-corrected chi connectivity index (χ2v) is 8.08. The van der Waals surface area contributed by atoms with E-state index in [4.69, 9.17) is 0 Å². The Labute approximate surface area is 187 Å². The monoisotopic (exact) mass is 432 g/mol. The molecule has 1 aromatic heterocycles. The van der Waals surface area contributed by atoms with E-state index in [1.165, 1.54) is 0 Å². The quantitative estimate of drug-likeness (QED) is 0.591. The summed E-state index contributed by atoms with van der Waals surface area (Å²) in [6.07, 6.45) is 2.86. The molecule has 32 heavy (non-hydrogen) atoms. The molecular weight excluding hydrogens is 404 g/mol. The fourth-order valence-electron chi connectivity index (χ4n) is 4.15. The van der Waals surface area contributed by atoms with Crippen LogP contribution in [0.3, 0.4) is 0 Å². The first-order chi connectivity index (χ1) is 15.6. The van der Waals surface area contributed by atoms with Gasteiger partial charge in [0.1, 0.15) is 5.69 Å². The van der Waals surface area contributed by atoms with Crippen molar-refractivity contribution in [2.24, 2.45) is 0 Å². The predicted molar refractivity (Wildman–Crippen MR) is 123 cm³/mol. The maximum atomic E-state index is 13.2. The lowest BCUT2D eigenvalue weighted by atomic mass is 10.00. The van der Waals surface area contributed by atoms with E-state index in [9.17, 15) is 14.4 Å². The van der Waals surface area contributed by atoms with Crippen LogP contribution in [0.4, 0.5) is 0 Å². The Hall–Kier alpha value is -3.61. The van der Waals surface area contributed by atoms with Gasteiger partial charge in [0, 0.05) is 24.0 Å². The molecule has 4 rings (SSSR count). The van der Waals surface area contributed by atoms with Crippen molar-refractivity contribution in [1.29, 1.82) is 0 Å². The molecule has 7 nitrogen and oxygen atoms in total. The van der Waals surface area contributed by atoms with E-state index >= 15 is 0 Å². The number of para-hydroxylation sites is 1. The molecule has 3 N–H and O–H groups in total. The second-order valence-electron chi connectivity index (χ2n) is 8.08. The Balaban J connectivity index is 1.49. The number of aromatic nitrogens is 1. The smallest absolute Gasteiger partial charge is 0.268 e. The summed E-state index contributed by atoms with van der Waals surface area (Å²) in [7, 11) is 0. The van der Waals surface area contributed by atoms with Crippen molar-refractivity contribution in [3.05, 3.63) is 71.9 Å². The van der Waals surface area contributed by atoms with Gasteiger partial charge in [-0.2, -0.15) is 0 Å². The molecule has 166 valence electrons. The molecule has 2 aromatic carbocycles. The molecule has 2 heterocycles. The number of fused-ring (bicyclic) bond motifs is 1. The number of hydrogen-bond acceptors (Lipinski definition) is 3. The van der Waals surface area contributed by atoms with Crippen molar-refractivity contribution < 1.29 is 14.4 Å². The average molecular weight is 433 g/mol. The van der Waals surface area contributed by atoms with Crippen molar-refractivity contribution in [2.75, 3.05) is 19.6 Å². The molecule has 1 unspecified atom stereocenters. The molecule has 1 atom stereocenters. The third kappa shape index (κ3) is 5.17. The van der Waals surface area contributed by atoms with Gasteiger partial charge in [0.25, 0.3) is 5.91 Å². The number of hydrogen-bond donors (Lipinski definition) is 3. The number of carbonyl (C=O) groups excluding carboxylic acids is 3. The molecule has 1 aliphatic rings. The second kappa shape index (κ2) is 10.1. The molecule has 0 spiro atoms. The fourth-order valence-corrected chi connectivity index (χ4v) is 4.15. The van der Waals surface area contributed by atoms with Crippen LogP contribution in [0, 0.1) is 0 Å². The number of benzene rings is 2. The van der Waals surface area contributed by atoms with Crippen molar-refractivity contribution in [1.82, 2.24) is 20.5 Å². The summed E-state index contributed by atoms with van der Waals surface area (Å²) in [5.74, 6) is -0.595. The minimum absolute atomic E-state index is 0.0688. The van der Waals surface area contributed by atoms with E-state index in [-0.39, 0.29) is 36.7 Å². The highest BCUT2D eigenvalue weighted by Crippen LogP contribution is 2.26. The summed E-state index contributed by atoms with van der Waals surface area (Å²) in [5.41, 5.74) is 2.20. The third-order valence-electron chi connectivity index (χ3n) is 5.83. The summed E-state index contributed by atoms with van der Waals surface area (Å²) in [6.45, 7) is 1.09. The van der Waals surface area contributed by atoms with Gasteiger partial charge >= 0.3 is 0 Å². The number of nitrogens with zero attached hydrogens (tertiary/aromatic N) is 1. The van der Waals surface area contributed by atoms with Gasteiger partial charge in [-0.25, -0.2) is 0 Å². The Morgan fingerprint density at radius 2 is 1.78 bits per heavy atom. The van der Waals surface area contributed by atoms with Gasteiger partial charge in [0.15, 0.2) is 0 Å². The molecule has 1 fully saturated rings. The maximum absolute atomic E-state index is 13.2. The standard InChI is InChI=1S/C25H28N4O3/c30-23-16-22(18-9-3-1-4-10-18)29(14-8-2-7-13-26-23)24(31)17-27-25(32)21-15-19-11-5-6-12-20(19)28-21/h1,3-6,9-12,15,22,28H,2,7-8,13-14,16-17H2,(H,26,30)(H,27,32). The predicted octanol–water partition coefficient (Wildman–Crippen LogP) is 3.16. The van der Waals surface area contributed by atoms with Crippen LogP contribution in [0.25, 0.3) is 10.9 Å².